The highest BCUT2D eigenvalue weighted by atomic mass is 16.6. The summed E-state index contributed by atoms with van der Waals surface area (Å²) in [5.74, 6) is -0.865. The van der Waals surface area contributed by atoms with Gasteiger partial charge in [0.25, 0.3) is 5.69 Å². The van der Waals surface area contributed by atoms with E-state index in [1.807, 2.05) is 6.92 Å². The zero-order valence-electron chi connectivity index (χ0n) is 10.8. The van der Waals surface area contributed by atoms with Crippen LogP contribution in [0.15, 0.2) is 24.3 Å². The molecule has 6 nitrogen and oxygen atoms in total. The Kier molecular flexibility index (Phi) is 5.95. The van der Waals surface area contributed by atoms with Crippen LogP contribution in [0.1, 0.15) is 31.7 Å². The lowest BCUT2D eigenvalue weighted by Gasteiger charge is -2.13. The van der Waals surface area contributed by atoms with E-state index >= 15 is 0 Å². The number of rotatable bonds is 8. The number of nitro groups is 1. The van der Waals surface area contributed by atoms with E-state index in [-0.39, 0.29) is 5.69 Å². The lowest BCUT2D eigenvalue weighted by Crippen LogP contribution is -2.36. The summed E-state index contributed by atoms with van der Waals surface area (Å²) < 4.78 is 0. The van der Waals surface area contributed by atoms with E-state index in [0.717, 1.165) is 18.4 Å². The molecule has 0 aliphatic heterocycles. The summed E-state index contributed by atoms with van der Waals surface area (Å²) in [5.41, 5.74) is 0.859. The van der Waals surface area contributed by atoms with Crippen LogP contribution in [-0.4, -0.2) is 22.0 Å². The molecule has 0 aromatic heterocycles. The van der Waals surface area contributed by atoms with Crippen molar-refractivity contribution in [1.29, 1.82) is 0 Å². The first-order chi connectivity index (χ1) is 9.04. The van der Waals surface area contributed by atoms with Gasteiger partial charge in [-0.1, -0.05) is 31.9 Å². The number of hydrogen-bond donors (Lipinski definition) is 2. The summed E-state index contributed by atoms with van der Waals surface area (Å²) in [6.45, 7) is 2.40. The van der Waals surface area contributed by atoms with Gasteiger partial charge in [0.05, 0.1) is 4.92 Å². The van der Waals surface area contributed by atoms with Gasteiger partial charge >= 0.3 is 5.97 Å². The standard InChI is InChI=1S/C13H18N2O4/c1-2-3-4-12(13(16)17)14-9-10-5-7-11(8-6-10)15(18)19/h5-8,12,14H,2-4,9H2,1H3,(H,16,17). The molecule has 0 saturated carbocycles. The van der Waals surface area contributed by atoms with Crippen LogP contribution in [0.2, 0.25) is 0 Å². The van der Waals surface area contributed by atoms with Crippen LogP contribution in [0.3, 0.4) is 0 Å². The number of carboxylic acid groups (broad SMARTS) is 1. The number of unbranched alkanes of at least 4 members (excludes halogenated alkanes) is 1. The van der Waals surface area contributed by atoms with Crippen molar-refractivity contribution in [3.63, 3.8) is 0 Å². The van der Waals surface area contributed by atoms with E-state index in [4.69, 9.17) is 5.11 Å². The van der Waals surface area contributed by atoms with E-state index in [9.17, 15) is 14.9 Å². The lowest BCUT2D eigenvalue weighted by molar-refractivity contribution is -0.384. The maximum absolute atomic E-state index is 11.0. The third-order valence-corrected chi connectivity index (χ3v) is 2.84. The smallest absolute Gasteiger partial charge is 0.320 e. The zero-order chi connectivity index (χ0) is 14.3. The molecule has 1 atom stereocenters. The van der Waals surface area contributed by atoms with Gasteiger partial charge in [-0.25, -0.2) is 0 Å². The first-order valence-corrected chi connectivity index (χ1v) is 6.24. The van der Waals surface area contributed by atoms with Gasteiger partial charge in [-0.2, -0.15) is 0 Å². The van der Waals surface area contributed by atoms with Crippen LogP contribution < -0.4 is 5.32 Å². The maximum atomic E-state index is 11.0. The molecule has 0 fully saturated rings. The Morgan fingerprint density at radius 3 is 2.53 bits per heavy atom. The normalized spacial score (nSPS) is 12.1. The van der Waals surface area contributed by atoms with Crippen LogP contribution >= 0.6 is 0 Å². The Labute approximate surface area is 111 Å². The van der Waals surface area contributed by atoms with Gasteiger partial charge in [0, 0.05) is 18.7 Å². The van der Waals surface area contributed by atoms with Crippen molar-refractivity contribution in [3.05, 3.63) is 39.9 Å². The Morgan fingerprint density at radius 2 is 2.05 bits per heavy atom. The fourth-order valence-corrected chi connectivity index (χ4v) is 1.70. The van der Waals surface area contributed by atoms with Crippen molar-refractivity contribution in [2.45, 2.75) is 38.8 Å². The monoisotopic (exact) mass is 266 g/mol. The minimum atomic E-state index is -0.865. The molecule has 6 heteroatoms. The second-order valence-electron chi connectivity index (χ2n) is 4.34. The average molecular weight is 266 g/mol. The minimum Gasteiger partial charge on any atom is -0.480 e. The first kappa shape index (κ1) is 15.1. The molecule has 0 heterocycles. The molecule has 1 aromatic carbocycles. The van der Waals surface area contributed by atoms with Gasteiger partial charge in [-0.3, -0.25) is 14.9 Å². The van der Waals surface area contributed by atoms with E-state index in [1.165, 1.54) is 12.1 Å². The van der Waals surface area contributed by atoms with Crippen LogP contribution in [0.5, 0.6) is 0 Å². The van der Waals surface area contributed by atoms with E-state index in [0.29, 0.717) is 13.0 Å². The fourth-order valence-electron chi connectivity index (χ4n) is 1.70. The molecular weight excluding hydrogens is 248 g/mol. The number of benzene rings is 1. The summed E-state index contributed by atoms with van der Waals surface area (Å²) in [5, 5.41) is 22.5. The van der Waals surface area contributed by atoms with Gasteiger partial charge < -0.3 is 10.4 Å². The highest BCUT2D eigenvalue weighted by Crippen LogP contribution is 2.12. The van der Waals surface area contributed by atoms with Gasteiger partial charge in [0.2, 0.25) is 0 Å². The summed E-state index contributed by atoms with van der Waals surface area (Å²) >= 11 is 0. The van der Waals surface area contributed by atoms with Gasteiger partial charge in [0.15, 0.2) is 0 Å². The molecule has 1 unspecified atom stereocenters. The van der Waals surface area contributed by atoms with E-state index in [1.54, 1.807) is 12.1 Å². The summed E-state index contributed by atoms with van der Waals surface area (Å²) in [6.07, 6.45) is 2.38. The molecule has 0 saturated heterocycles. The molecule has 0 radical (unpaired) electrons. The zero-order valence-corrected chi connectivity index (χ0v) is 10.8. The Bertz CT molecular complexity index is 431. The molecule has 104 valence electrons. The number of carboxylic acids is 1. The quantitative estimate of drug-likeness (QED) is 0.556. The third-order valence-electron chi connectivity index (χ3n) is 2.84. The Morgan fingerprint density at radius 1 is 1.42 bits per heavy atom. The number of hydrogen-bond acceptors (Lipinski definition) is 4. The molecule has 19 heavy (non-hydrogen) atoms. The lowest BCUT2D eigenvalue weighted by atomic mass is 10.1. The highest BCUT2D eigenvalue weighted by Gasteiger charge is 2.15. The van der Waals surface area contributed by atoms with Crippen molar-refractivity contribution >= 4 is 11.7 Å². The van der Waals surface area contributed by atoms with Crippen molar-refractivity contribution < 1.29 is 14.8 Å². The second-order valence-corrected chi connectivity index (χ2v) is 4.34. The van der Waals surface area contributed by atoms with Crippen LogP contribution in [-0.2, 0) is 11.3 Å². The number of non-ortho nitro benzene ring substituents is 1. The molecule has 1 aromatic rings. The van der Waals surface area contributed by atoms with Crippen molar-refractivity contribution in [2.24, 2.45) is 0 Å². The van der Waals surface area contributed by atoms with E-state index < -0.39 is 16.9 Å². The number of aliphatic carboxylic acids is 1. The number of nitrogens with one attached hydrogen (secondary N) is 1. The Hall–Kier alpha value is -1.95. The molecule has 0 amide bonds. The van der Waals surface area contributed by atoms with Gasteiger partial charge in [-0.15, -0.1) is 0 Å². The molecule has 0 bridgehead atoms. The largest absolute Gasteiger partial charge is 0.480 e. The molecule has 1 rings (SSSR count). The van der Waals surface area contributed by atoms with Crippen LogP contribution in [0, 0.1) is 10.1 Å². The van der Waals surface area contributed by atoms with Crippen molar-refractivity contribution in [2.75, 3.05) is 0 Å². The van der Waals surface area contributed by atoms with Crippen LogP contribution in [0.25, 0.3) is 0 Å². The number of nitro benzene ring substituents is 1. The Balaban J connectivity index is 2.54. The fraction of sp³-hybridized carbons (Fsp3) is 0.462. The van der Waals surface area contributed by atoms with E-state index in [2.05, 4.69) is 5.32 Å². The van der Waals surface area contributed by atoms with Crippen LogP contribution in [0.4, 0.5) is 5.69 Å². The summed E-state index contributed by atoms with van der Waals surface area (Å²) in [4.78, 5) is 21.1. The SMILES string of the molecule is CCCCC(NCc1ccc([N+](=O)[O-])cc1)C(=O)O. The number of nitrogens with zero attached hydrogens (tertiary/aromatic N) is 1. The molecular formula is C13H18N2O4. The molecule has 0 aliphatic carbocycles. The van der Waals surface area contributed by atoms with Crippen molar-refractivity contribution in [3.8, 4) is 0 Å². The minimum absolute atomic E-state index is 0.0320. The molecule has 0 aliphatic rings. The van der Waals surface area contributed by atoms with Crippen molar-refractivity contribution in [1.82, 2.24) is 5.32 Å². The highest BCUT2D eigenvalue weighted by molar-refractivity contribution is 5.73. The molecule has 2 N–H and O–H groups in total. The maximum Gasteiger partial charge on any atom is 0.320 e. The summed E-state index contributed by atoms with van der Waals surface area (Å²) in [7, 11) is 0. The number of carbonyl (C=O) groups is 1. The predicted molar refractivity (Wildman–Crippen MR) is 70.9 cm³/mol. The third kappa shape index (κ3) is 5.05. The van der Waals surface area contributed by atoms with Gasteiger partial charge in [-0.05, 0) is 12.0 Å². The topological polar surface area (TPSA) is 92.5 Å². The predicted octanol–water partition coefficient (Wildman–Crippen LogP) is 2.33. The first-order valence-electron chi connectivity index (χ1n) is 6.24. The van der Waals surface area contributed by atoms with Gasteiger partial charge in [0.1, 0.15) is 6.04 Å². The summed E-state index contributed by atoms with van der Waals surface area (Å²) in [6, 6.07) is 5.51. The average Bonchev–Trinajstić information content (AvgIpc) is 2.39. The second kappa shape index (κ2) is 7.48. The molecule has 0 spiro atoms.